The predicted molar refractivity (Wildman–Crippen MR) is 99.4 cm³/mol. The minimum Gasteiger partial charge on any atom is -0.478 e. The van der Waals surface area contributed by atoms with Crippen LogP contribution < -0.4 is 0 Å². The Labute approximate surface area is 157 Å². The molecular formula is C20H22N4O3. The van der Waals surface area contributed by atoms with E-state index in [9.17, 15) is 4.79 Å². The standard InChI is InChI=1S/C20H22N4O3/c1-4-24-15-11-20(2,3)10-9-14(15)16(22-24)18-21-17(23-27-18)12-5-7-13(8-6-12)19(25)26/h5-8H,4,9-11H2,1-3H3,(H,25,26). The topological polar surface area (TPSA) is 94.0 Å². The smallest absolute Gasteiger partial charge is 0.335 e. The maximum Gasteiger partial charge on any atom is 0.335 e. The fourth-order valence-electron chi connectivity index (χ4n) is 3.63. The van der Waals surface area contributed by atoms with Crippen LogP contribution >= 0.6 is 0 Å². The summed E-state index contributed by atoms with van der Waals surface area (Å²) in [6.07, 6.45) is 3.03. The number of fused-ring (bicyclic) bond motifs is 1. The van der Waals surface area contributed by atoms with Crippen molar-refractivity contribution in [3.8, 4) is 23.0 Å². The van der Waals surface area contributed by atoms with Crippen molar-refractivity contribution in [1.82, 2.24) is 19.9 Å². The summed E-state index contributed by atoms with van der Waals surface area (Å²) in [6, 6.07) is 6.42. The molecule has 27 heavy (non-hydrogen) atoms. The molecule has 0 radical (unpaired) electrons. The highest BCUT2D eigenvalue weighted by Crippen LogP contribution is 2.38. The number of hydrogen-bond donors (Lipinski definition) is 1. The first-order valence-corrected chi connectivity index (χ1v) is 9.14. The van der Waals surface area contributed by atoms with Crippen molar-refractivity contribution in [2.75, 3.05) is 0 Å². The number of aryl methyl sites for hydroxylation is 1. The van der Waals surface area contributed by atoms with Gasteiger partial charge in [0.2, 0.25) is 5.82 Å². The Morgan fingerprint density at radius 1 is 1.30 bits per heavy atom. The molecule has 0 saturated carbocycles. The lowest BCUT2D eigenvalue weighted by atomic mass is 9.76. The number of carbonyl (C=O) groups is 1. The Balaban J connectivity index is 1.70. The lowest BCUT2D eigenvalue weighted by molar-refractivity contribution is 0.0697. The normalized spacial score (nSPS) is 15.5. The molecule has 3 aromatic rings. The third-order valence-electron chi connectivity index (χ3n) is 5.18. The van der Waals surface area contributed by atoms with E-state index < -0.39 is 5.97 Å². The summed E-state index contributed by atoms with van der Waals surface area (Å²) in [6.45, 7) is 7.46. The summed E-state index contributed by atoms with van der Waals surface area (Å²) >= 11 is 0. The van der Waals surface area contributed by atoms with Gasteiger partial charge in [-0.15, -0.1) is 0 Å². The highest BCUT2D eigenvalue weighted by atomic mass is 16.5. The van der Waals surface area contributed by atoms with Crippen LogP contribution in [0.15, 0.2) is 28.8 Å². The third kappa shape index (κ3) is 3.13. The highest BCUT2D eigenvalue weighted by Gasteiger charge is 2.32. The van der Waals surface area contributed by atoms with Gasteiger partial charge in [0.25, 0.3) is 5.89 Å². The van der Waals surface area contributed by atoms with Gasteiger partial charge in [-0.05, 0) is 43.7 Å². The fourth-order valence-corrected chi connectivity index (χ4v) is 3.63. The Bertz CT molecular complexity index is 999. The number of aromatic nitrogens is 4. The number of benzene rings is 1. The van der Waals surface area contributed by atoms with E-state index >= 15 is 0 Å². The molecule has 7 nitrogen and oxygen atoms in total. The number of aromatic carboxylic acids is 1. The molecule has 7 heteroatoms. The van der Waals surface area contributed by atoms with Gasteiger partial charge in [0.15, 0.2) is 5.69 Å². The summed E-state index contributed by atoms with van der Waals surface area (Å²) in [5, 5.41) is 17.8. The van der Waals surface area contributed by atoms with Crippen LogP contribution in [0.2, 0.25) is 0 Å². The van der Waals surface area contributed by atoms with Gasteiger partial charge in [0, 0.05) is 23.4 Å². The number of rotatable bonds is 4. The van der Waals surface area contributed by atoms with Crippen molar-refractivity contribution in [2.24, 2.45) is 5.41 Å². The summed E-state index contributed by atoms with van der Waals surface area (Å²) in [5.74, 6) is -0.122. The maximum atomic E-state index is 11.0. The highest BCUT2D eigenvalue weighted by molar-refractivity contribution is 5.88. The van der Waals surface area contributed by atoms with E-state index in [1.807, 2.05) is 4.68 Å². The van der Waals surface area contributed by atoms with E-state index in [0.29, 0.717) is 17.3 Å². The zero-order chi connectivity index (χ0) is 19.2. The number of carboxylic acids is 1. The van der Waals surface area contributed by atoms with E-state index in [1.54, 1.807) is 12.1 Å². The molecule has 1 aliphatic rings. The van der Waals surface area contributed by atoms with Crippen LogP contribution in [-0.4, -0.2) is 31.0 Å². The van der Waals surface area contributed by atoms with Gasteiger partial charge in [0.05, 0.1) is 5.56 Å². The van der Waals surface area contributed by atoms with Crippen molar-refractivity contribution in [1.29, 1.82) is 0 Å². The molecule has 0 unspecified atom stereocenters. The van der Waals surface area contributed by atoms with Crippen molar-refractivity contribution >= 4 is 5.97 Å². The van der Waals surface area contributed by atoms with Crippen molar-refractivity contribution < 1.29 is 14.4 Å². The van der Waals surface area contributed by atoms with Crippen LogP contribution in [0.5, 0.6) is 0 Å². The molecule has 1 N–H and O–H groups in total. The fraction of sp³-hybridized carbons (Fsp3) is 0.400. The monoisotopic (exact) mass is 366 g/mol. The van der Waals surface area contributed by atoms with E-state index in [1.165, 1.54) is 23.4 Å². The molecule has 0 spiro atoms. The zero-order valence-electron chi connectivity index (χ0n) is 15.7. The lowest BCUT2D eigenvalue weighted by Crippen LogP contribution is -2.24. The molecule has 140 valence electrons. The minimum absolute atomic E-state index is 0.223. The predicted octanol–water partition coefficient (Wildman–Crippen LogP) is 3.83. The minimum atomic E-state index is -0.963. The Hall–Kier alpha value is -2.96. The van der Waals surface area contributed by atoms with Gasteiger partial charge in [-0.2, -0.15) is 10.1 Å². The third-order valence-corrected chi connectivity index (χ3v) is 5.18. The molecule has 0 amide bonds. The number of nitrogens with zero attached hydrogens (tertiary/aromatic N) is 4. The number of carboxylic acid groups (broad SMARTS) is 1. The zero-order valence-corrected chi connectivity index (χ0v) is 15.7. The first-order chi connectivity index (χ1) is 12.9. The van der Waals surface area contributed by atoms with Gasteiger partial charge >= 0.3 is 5.97 Å². The Morgan fingerprint density at radius 2 is 2.04 bits per heavy atom. The SMILES string of the molecule is CCn1nc(-c2nc(-c3ccc(C(=O)O)cc3)no2)c2c1CC(C)(C)CC2. The van der Waals surface area contributed by atoms with Gasteiger partial charge in [-0.25, -0.2) is 4.79 Å². The van der Waals surface area contributed by atoms with E-state index in [2.05, 4.69) is 30.9 Å². The second-order valence-electron chi connectivity index (χ2n) is 7.74. The summed E-state index contributed by atoms with van der Waals surface area (Å²) in [4.78, 5) is 15.5. The molecule has 2 heterocycles. The van der Waals surface area contributed by atoms with Crippen LogP contribution in [0.4, 0.5) is 0 Å². The van der Waals surface area contributed by atoms with Crippen molar-refractivity contribution in [3.63, 3.8) is 0 Å². The van der Waals surface area contributed by atoms with Crippen molar-refractivity contribution in [3.05, 3.63) is 41.1 Å². The maximum absolute atomic E-state index is 11.0. The molecule has 1 aliphatic carbocycles. The Morgan fingerprint density at radius 3 is 2.70 bits per heavy atom. The van der Waals surface area contributed by atoms with Crippen LogP contribution in [-0.2, 0) is 19.4 Å². The molecule has 1 aromatic carbocycles. The first-order valence-electron chi connectivity index (χ1n) is 9.14. The molecular weight excluding hydrogens is 344 g/mol. The number of hydrogen-bond acceptors (Lipinski definition) is 5. The molecule has 2 aromatic heterocycles. The largest absolute Gasteiger partial charge is 0.478 e. The lowest BCUT2D eigenvalue weighted by Gasteiger charge is -2.30. The molecule has 0 saturated heterocycles. The molecule has 0 aliphatic heterocycles. The Kier molecular flexibility index (Phi) is 4.09. The summed E-state index contributed by atoms with van der Waals surface area (Å²) in [7, 11) is 0. The molecule has 4 rings (SSSR count). The van der Waals surface area contributed by atoms with E-state index in [0.717, 1.165) is 31.5 Å². The van der Waals surface area contributed by atoms with Crippen LogP contribution in [0, 0.1) is 5.41 Å². The quantitative estimate of drug-likeness (QED) is 0.754. The van der Waals surface area contributed by atoms with Crippen molar-refractivity contribution in [2.45, 2.75) is 46.6 Å². The van der Waals surface area contributed by atoms with Gasteiger partial charge in [0.1, 0.15) is 0 Å². The van der Waals surface area contributed by atoms with Gasteiger partial charge in [-0.1, -0.05) is 31.1 Å². The summed E-state index contributed by atoms with van der Waals surface area (Å²) < 4.78 is 7.54. The van der Waals surface area contributed by atoms with Gasteiger partial charge < -0.3 is 9.63 Å². The molecule has 0 bridgehead atoms. The second-order valence-corrected chi connectivity index (χ2v) is 7.74. The molecule has 0 atom stereocenters. The average molecular weight is 366 g/mol. The van der Waals surface area contributed by atoms with E-state index in [-0.39, 0.29) is 11.0 Å². The van der Waals surface area contributed by atoms with Crippen LogP contribution in [0.3, 0.4) is 0 Å². The first kappa shape index (κ1) is 17.5. The van der Waals surface area contributed by atoms with Gasteiger partial charge in [-0.3, -0.25) is 4.68 Å². The van der Waals surface area contributed by atoms with Crippen LogP contribution in [0.1, 0.15) is 48.8 Å². The molecule has 0 fully saturated rings. The average Bonchev–Trinajstić information content (AvgIpc) is 3.25. The van der Waals surface area contributed by atoms with Crippen LogP contribution in [0.25, 0.3) is 23.0 Å². The second kappa shape index (κ2) is 6.33. The van der Waals surface area contributed by atoms with E-state index in [4.69, 9.17) is 14.7 Å². The summed E-state index contributed by atoms with van der Waals surface area (Å²) in [5.41, 5.74) is 4.43.